The number of hydrogen-bond acceptors (Lipinski definition) is 4. The van der Waals surface area contributed by atoms with E-state index in [9.17, 15) is 17.6 Å². The maximum Gasteiger partial charge on any atom is 0.437 e. The van der Waals surface area contributed by atoms with Gasteiger partial charge in [0.15, 0.2) is 5.69 Å². The fourth-order valence-electron chi connectivity index (χ4n) is 4.25. The maximum atomic E-state index is 13.8. The van der Waals surface area contributed by atoms with Crippen LogP contribution in [0.25, 0.3) is 22.6 Å². The standard InChI is InChI=1S/C22H18F4N6/c23-16-5-4-13-2-1-3-15(17(13)9-16)10-32-11-19(28-12-32)18-8-14(6-7-27-18)20-21(22(24,25)26)30-31-29-20/h4-9,11-12,15H,1-3,10H2,(H,29,30,31)/t15-/m1/s1. The molecule has 5 rings (SSSR count). The molecule has 1 N–H and O–H groups in total. The van der Waals surface area contributed by atoms with Crippen molar-refractivity contribution in [2.45, 2.75) is 37.9 Å². The molecule has 3 aromatic heterocycles. The summed E-state index contributed by atoms with van der Waals surface area (Å²) in [6, 6.07) is 7.91. The lowest BCUT2D eigenvalue weighted by Gasteiger charge is -2.25. The Morgan fingerprint density at radius 1 is 1.06 bits per heavy atom. The molecule has 164 valence electrons. The van der Waals surface area contributed by atoms with Gasteiger partial charge < -0.3 is 4.57 Å². The molecular formula is C22H18F4N6. The van der Waals surface area contributed by atoms with E-state index < -0.39 is 11.9 Å². The van der Waals surface area contributed by atoms with Crippen LogP contribution in [-0.2, 0) is 19.1 Å². The zero-order chi connectivity index (χ0) is 22.3. The number of aromatic amines is 1. The Morgan fingerprint density at radius 2 is 1.94 bits per heavy atom. The molecule has 1 aromatic carbocycles. The first-order chi connectivity index (χ1) is 15.4. The molecule has 0 spiro atoms. The van der Waals surface area contributed by atoms with Gasteiger partial charge in [-0.2, -0.15) is 28.6 Å². The Bertz CT molecular complexity index is 1260. The topological polar surface area (TPSA) is 72.3 Å². The molecule has 0 saturated heterocycles. The number of nitrogens with zero attached hydrogens (tertiary/aromatic N) is 5. The molecule has 32 heavy (non-hydrogen) atoms. The van der Waals surface area contributed by atoms with Gasteiger partial charge in [0, 0.05) is 30.4 Å². The Kier molecular flexibility index (Phi) is 4.99. The molecule has 0 amide bonds. The number of aromatic nitrogens is 6. The Labute approximate surface area is 180 Å². The molecule has 0 fully saturated rings. The van der Waals surface area contributed by atoms with Crippen LogP contribution in [0.1, 0.15) is 35.6 Å². The van der Waals surface area contributed by atoms with Crippen LogP contribution >= 0.6 is 0 Å². The van der Waals surface area contributed by atoms with Gasteiger partial charge in [0.2, 0.25) is 0 Å². The maximum absolute atomic E-state index is 13.8. The van der Waals surface area contributed by atoms with Crippen LogP contribution in [0.3, 0.4) is 0 Å². The average molecular weight is 442 g/mol. The highest BCUT2D eigenvalue weighted by atomic mass is 19.4. The number of halogens is 4. The van der Waals surface area contributed by atoms with E-state index in [0.717, 1.165) is 24.8 Å². The summed E-state index contributed by atoms with van der Waals surface area (Å²) in [4.78, 5) is 8.63. The van der Waals surface area contributed by atoms with Gasteiger partial charge in [0.25, 0.3) is 0 Å². The van der Waals surface area contributed by atoms with Gasteiger partial charge >= 0.3 is 6.18 Å². The Balaban J connectivity index is 1.40. The number of imidazole rings is 1. The number of aryl methyl sites for hydroxylation is 1. The zero-order valence-electron chi connectivity index (χ0n) is 16.8. The van der Waals surface area contributed by atoms with Crippen LogP contribution in [0.15, 0.2) is 49.1 Å². The smallest absolute Gasteiger partial charge is 0.336 e. The van der Waals surface area contributed by atoms with Gasteiger partial charge in [0.1, 0.15) is 17.2 Å². The molecular weight excluding hydrogens is 424 g/mol. The van der Waals surface area contributed by atoms with Crippen LogP contribution in [0.4, 0.5) is 17.6 Å². The van der Waals surface area contributed by atoms with Crippen molar-refractivity contribution in [2.75, 3.05) is 0 Å². The minimum atomic E-state index is -4.62. The van der Waals surface area contributed by atoms with Crippen LogP contribution in [0, 0.1) is 5.82 Å². The highest BCUT2D eigenvalue weighted by Crippen LogP contribution is 2.35. The summed E-state index contributed by atoms with van der Waals surface area (Å²) in [5.41, 5.74) is 2.02. The molecule has 0 unspecified atom stereocenters. The van der Waals surface area contributed by atoms with E-state index in [1.807, 2.05) is 15.8 Å². The van der Waals surface area contributed by atoms with Gasteiger partial charge in [-0.25, -0.2) is 9.37 Å². The van der Waals surface area contributed by atoms with Crippen molar-refractivity contribution in [3.8, 4) is 22.6 Å². The van der Waals surface area contributed by atoms with Crippen LogP contribution < -0.4 is 0 Å². The molecule has 4 aromatic rings. The third-order valence-electron chi connectivity index (χ3n) is 5.72. The van der Waals surface area contributed by atoms with Crippen molar-refractivity contribution < 1.29 is 17.6 Å². The van der Waals surface area contributed by atoms with Crippen molar-refractivity contribution >= 4 is 0 Å². The van der Waals surface area contributed by atoms with E-state index in [0.29, 0.717) is 17.9 Å². The number of alkyl halides is 3. The lowest BCUT2D eigenvalue weighted by atomic mass is 9.82. The molecule has 0 aliphatic heterocycles. The average Bonchev–Trinajstić information content (AvgIpc) is 3.44. The summed E-state index contributed by atoms with van der Waals surface area (Å²) in [5.74, 6) is -0.0747. The fourth-order valence-corrected chi connectivity index (χ4v) is 4.25. The number of nitrogens with one attached hydrogen (secondary N) is 1. The third kappa shape index (κ3) is 3.88. The number of H-pyrrole nitrogens is 1. The Hall–Kier alpha value is -3.56. The first-order valence-electron chi connectivity index (χ1n) is 10.1. The van der Waals surface area contributed by atoms with Gasteiger partial charge in [-0.3, -0.25) is 4.98 Å². The molecule has 0 saturated carbocycles. The second-order valence-corrected chi connectivity index (χ2v) is 7.84. The molecule has 0 radical (unpaired) electrons. The number of rotatable bonds is 4. The van der Waals surface area contributed by atoms with Crippen molar-refractivity contribution in [1.29, 1.82) is 0 Å². The van der Waals surface area contributed by atoms with Gasteiger partial charge in [-0.15, -0.1) is 0 Å². The fraction of sp³-hybridized carbons (Fsp3) is 0.273. The third-order valence-corrected chi connectivity index (χ3v) is 5.72. The Morgan fingerprint density at radius 3 is 2.78 bits per heavy atom. The van der Waals surface area contributed by atoms with E-state index in [1.54, 1.807) is 18.6 Å². The van der Waals surface area contributed by atoms with Gasteiger partial charge in [-0.1, -0.05) is 6.07 Å². The molecule has 6 nitrogen and oxygen atoms in total. The summed E-state index contributed by atoms with van der Waals surface area (Å²) in [7, 11) is 0. The van der Waals surface area contributed by atoms with Crippen molar-refractivity contribution in [1.82, 2.24) is 29.9 Å². The number of pyridine rings is 1. The van der Waals surface area contributed by atoms with Crippen LogP contribution in [-0.4, -0.2) is 29.9 Å². The summed E-state index contributed by atoms with van der Waals surface area (Å²) in [5, 5.41) is 8.93. The van der Waals surface area contributed by atoms with E-state index in [1.165, 1.54) is 30.0 Å². The zero-order valence-corrected chi connectivity index (χ0v) is 16.8. The predicted molar refractivity (Wildman–Crippen MR) is 108 cm³/mol. The van der Waals surface area contributed by atoms with E-state index >= 15 is 0 Å². The first-order valence-corrected chi connectivity index (χ1v) is 10.1. The van der Waals surface area contributed by atoms with Crippen LogP contribution in [0.2, 0.25) is 0 Å². The molecule has 1 aliphatic carbocycles. The summed E-state index contributed by atoms with van der Waals surface area (Å²) >= 11 is 0. The minimum Gasteiger partial charge on any atom is -0.336 e. The van der Waals surface area contributed by atoms with E-state index in [-0.39, 0.29) is 23.0 Å². The van der Waals surface area contributed by atoms with E-state index in [4.69, 9.17) is 0 Å². The summed E-state index contributed by atoms with van der Waals surface area (Å²) in [6.45, 7) is 0.630. The largest absolute Gasteiger partial charge is 0.437 e. The molecule has 0 bridgehead atoms. The van der Waals surface area contributed by atoms with Crippen molar-refractivity contribution in [3.05, 3.63) is 71.7 Å². The first kappa shape index (κ1) is 20.3. The highest BCUT2D eigenvalue weighted by Gasteiger charge is 2.38. The summed E-state index contributed by atoms with van der Waals surface area (Å²) in [6.07, 6.45) is 3.18. The quantitative estimate of drug-likeness (QED) is 0.451. The monoisotopic (exact) mass is 442 g/mol. The molecule has 1 atom stereocenters. The second-order valence-electron chi connectivity index (χ2n) is 7.84. The highest BCUT2D eigenvalue weighted by molar-refractivity contribution is 5.67. The molecule has 3 heterocycles. The van der Waals surface area contributed by atoms with Crippen molar-refractivity contribution in [2.24, 2.45) is 0 Å². The molecule has 10 heteroatoms. The van der Waals surface area contributed by atoms with Crippen LogP contribution in [0.5, 0.6) is 0 Å². The van der Waals surface area contributed by atoms with Gasteiger partial charge in [-0.05, 0) is 54.7 Å². The number of benzene rings is 1. The number of hydrogen-bond donors (Lipinski definition) is 1. The normalized spacial score (nSPS) is 16.2. The van der Waals surface area contributed by atoms with Gasteiger partial charge in [0.05, 0.1) is 12.0 Å². The molecule has 1 aliphatic rings. The minimum absolute atomic E-state index is 0.167. The lowest BCUT2D eigenvalue weighted by Crippen LogP contribution is -2.15. The van der Waals surface area contributed by atoms with Crippen molar-refractivity contribution in [3.63, 3.8) is 0 Å². The summed E-state index contributed by atoms with van der Waals surface area (Å²) < 4.78 is 55.2. The SMILES string of the molecule is Fc1ccc2c(c1)[C@@H](Cn1cnc(-c3cc(-c4n[nH]nc4C(F)(F)F)ccn3)c1)CCC2. The predicted octanol–water partition coefficient (Wildman–Crippen LogP) is 5.01. The van der Waals surface area contributed by atoms with E-state index in [2.05, 4.69) is 20.2 Å². The lowest BCUT2D eigenvalue weighted by molar-refractivity contribution is -0.140. The number of fused-ring (bicyclic) bond motifs is 1. The second kappa shape index (κ2) is 7.85.